The van der Waals surface area contributed by atoms with Crippen molar-refractivity contribution < 1.29 is 23.0 Å². The first-order chi connectivity index (χ1) is 11.5. The number of ether oxygens (including phenoxy) is 2. The molecule has 2 aromatic rings. The van der Waals surface area contributed by atoms with Crippen LogP contribution in [0.1, 0.15) is 22.8 Å². The van der Waals surface area contributed by atoms with Crippen LogP contribution in [-0.4, -0.2) is 19.0 Å². The van der Waals surface area contributed by atoms with Crippen LogP contribution in [0.4, 0.5) is 8.78 Å². The lowest BCUT2D eigenvalue weighted by atomic mass is 10.1. The molecule has 2 aromatic carbocycles. The Balaban J connectivity index is 2.17. The summed E-state index contributed by atoms with van der Waals surface area (Å²) in [4.78, 5) is 12.1. The quantitative estimate of drug-likeness (QED) is 0.335. The van der Waals surface area contributed by atoms with Gasteiger partial charge in [0.1, 0.15) is 0 Å². The molecule has 0 saturated heterocycles. The maximum Gasteiger partial charge on any atom is 0.387 e. The Morgan fingerprint density at radius 1 is 1.17 bits per heavy atom. The Labute approximate surface area is 152 Å². The predicted octanol–water partition coefficient (Wildman–Crippen LogP) is 5.19. The van der Waals surface area contributed by atoms with Gasteiger partial charge in [0.15, 0.2) is 17.3 Å². The van der Waals surface area contributed by atoms with E-state index in [-0.39, 0.29) is 17.3 Å². The summed E-state index contributed by atoms with van der Waals surface area (Å²) in [5.74, 6) is 0.0342. The average Bonchev–Trinajstić information content (AvgIpc) is 2.55. The van der Waals surface area contributed by atoms with Gasteiger partial charge in [-0.3, -0.25) is 4.79 Å². The van der Waals surface area contributed by atoms with E-state index in [9.17, 15) is 13.6 Å². The van der Waals surface area contributed by atoms with Gasteiger partial charge in [-0.1, -0.05) is 24.3 Å². The molecule has 0 N–H and O–H groups in total. The normalized spacial score (nSPS) is 11.0. The molecule has 3 nitrogen and oxygen atoms in total. The zero-order chi connectivity index (χ0) is 17.5. The second kappa shape index (κ2) is 8.77. The lowest BCUT2D eigenvalue weighted by molar-refractivity contribution is -0.0514. The molecule has 0 aliphatic rings. The molecule has 0 fully saturated rings. The van der Waals surface area contributed by atoms with Crippen molar-refractivity contribution in [3.63, 3.8) is 0 Å². The largest absolute Gasteiger partial charge is 0.490 e. The smallest absolute Gasteiger partial charge is 0.387 e. The summed E-state index contributed by atoms with van der Waals surface area (Å²) in [6.07, 6.45) is 3.04. The Hall–Kier alpha value is -1.96. The highest BCUT2D eigenvalue weighted by molar-refractivity contribution is 14.1. The first-order valence-electron chi connectivity index (χ1n) is 7.19. The lowest BCUT2D eigenvalue weighted by Crippen LogP contribution is -2.04. The Bertz CT molecular complexity index is 728. The summed E-state index contributed by atoms with van der Waals surface area (Å²) >= 11 is 2.16. The molecule has 0 aliphatic carbocycles. The molecule has 0 saturated carbocycles. The summed E-state index contributed by atoms with van der Waals surface area (Å²) in [6, 6.07) is 11.7. The van der Waals surface area contributed by atoms with Crippen LogP contribution < -0.4 is 9.47 Å². The van der Waals surface area contributed by atoms with Crippen LogP contribution in [0.3, 0.4) is 0 Å². The maximum absolute atomic E-state index is 12.4. The average molecular weight is 444 g/mol. The molecule has 0 heterocycles. The highest BCUT2D eigenvalue weighted by Gasteiger charge is 2.11. The third-order valence-electron chi connectivity index (χ3n) is 3.04. The second-order valence-electron chi connectivity index (χ2n) is 4.72. The van der Waals surface area contributed by atoms with Crippen LogP contribution in [-0.2, 0) is 0 Å². The van der Waals surface area contributed by atoms with Crippen molar-refractivity contribution in [1.82, 2.24) is 0 Å². The van der Waals surface area contributed by atoms with E-state index in [4.69, 9.17) is 4.74 Å². The molecule has 0 aliphatic heterocycles. The third-order valence-corrected chi connectivity index (χ3v) is 3.76. The van der Waals surface area contributed by atoms with E-state index in [1.54, 1.807) is 37.3 Å². The fourth-order valence-electron chi connectivity index (χ4n) is 1.97. The Morgan fingerprint density at radius 2 is 1.88 bits per heavy atom. The van der Waals surface area contributed by atoms with Crippen molar-refractivity contribution in [1.29, 1.82) is 0 Å². The molecular formula is C18H15F2IO3. The first kappa shape index (κ1) is 18.4. The standard InChI is InChI=1S/C18H15F2IO3/c1-2-23-17-11-12(4-10-16(17)24-18(19)20)3-9-15(22)13-5-7-14(21)8-6-13/h3-11,18H,2H2,1H3. The summed E-state index contributed by atoms with van der Waals surface area (Å²) in [6.45, 7) is -0.864. The number of hydrogen-bond donors (Lipinski definition) is 0. The second-order valence-corrected chi connectivity index (χ2v) is 5.97. The minimum Gasteiger partial charge on any atom is -0.490 e. The van der Waals surface area contributed by atoms with Gasteiger partial charge in [-0.25, -0.2) is 0 Å². The zero-order valence-electron chi connectivity index (χ0n) is 12.8. The van der Waals surface area contributed by atoms with Gasteiger partial charge in [0.25, 0.3) is 0 Å². The lowest BCUT2D eigenvalue weighted by Gasteiger charge is -2.11. The van der Waals surface area contributed by atoms with Gasteiger partial charge in [0, 0.05) is 9.13 Å². The minimum atomic E-state index is -2.92. The fraction of sp³-hybridized carbons (Fsp3) is 0.167. The van der Waals surface area contributed by atoms with E-state index in [0.29, 0.717) is 17.7 Å². The number of carbonyl (C=O) groups excluding carboxylic acids is 1. The van der Waals surface area contributed by atoms with Gasteiger partial charge >= 0.3 is 6.61 Å². The highest BCUT2D eigenvalue weighted by Crippen LogP contribution is 2.30. The van der Waals surface area contributed by atoms with E-state index in [0.717, 1.165) is 3.57 Å². The van der Waals surface area contributed by atoms with Crippen LogP contribution in [0, 0.1) is 3.57 Å². The summed E-state index contributed by atoms with van der Waals surface area (Å²) < 4.78 is 35.5. The van der Waals surface area contributed by atoms with Crippen molar-refractivity contribution in [3.05, 3.63) is 63.2 Å². The topological polar surface area (TPSA) is 35.5 Å². The van der Waals surface area contributed by atoms with Gasteiger partial charge in [-0.05, 0) is 65.4 Å². The van der Waals surface area contributed by atoms with Crippen molar-refractivity contribution >= 4 is 34.5 Å². The third kappa shape index (κ3) is 5.30. The van der Waals surface area contributed by atoms with Crippen molar-refractivity contribution in [2.45, 2.75) is 13.5 Å². The molecule has 0 aromatic heterocycles. The number of rotatable bonds is 7. The fourth-order valence-corrected chi connectivity index (χ4v) is 2.33. The molecular weight excluding hydrogens is 429 g/mol. The summed E-state index contributed by atoms with van der Waals surface area (Å²) in [7, 11) is 0. The Kier molecular flexibility index (Phi) is 6.72. The van der Waals surface area contributed by atoms with Crippen LogP contribution in [0.15, 0.2) is 48.5 Å². The molecule has 24 heavy (non-hydrogen) atoms. The first-order valence-corrected chi connectivity index (χ1v) is 8.27. The van der Waals surface area contributed by atoms with Gasteiger partial charge in [-0.15, -0.1) is 0 Å². The number of benzene rings is 2. The monoisotopic (exact) mass is 444 g/mol. The molecule has 0 spiro atoms. The molecule has 0 unspecified atom stereocenters. The number of allylic oxidation sites excluding steroid dienone is 1. The maximum atomic E-state index is 12.4. The summed E-state index contributed by atoms with van der Waals surface area (Å²) in [5, 5.41) is 0. The predicted molar refractivity (Wildman–Crippen MR) is 96.8 cm³/mol. The van der Waals surface area contributed by atoms with Gasteiger partial charge < -0.3 is 9.47 Å². The SMILES string of the molecule is CCOc1cc(C=CC(=O)c2ccc(I)cc2)ccc1OC(F)F. The molecule has 2 rings (SSSR count). The van der Waals surface area contributed by atoms with E-state index in [1.165, 1.54) is 12.1 Å². The van der Waals surface area contributed by atoms with Crippen LogP contribution in [0.25, 0.3) is 6.08 Å². The number of alkyl halides is 2. The highest BCUT2D eigenvalue weighted by atomic mass is 127. The molecule has 126 valence electrons. The molecule has 6 heteroatoms. The van der Waals surface area contributed by atoms with E-state index < -0.39 is 6.61 Å². The van der Waals surface area contributed by atoms with E-state index in [1.807, 2.05) is 12.1 Å². The number of carbonyl (C=O) groups is 1. The van der Waals surface area contributed by atoms with Crippen LogP contribution >= 0.6 is 22.6 Å². The van der Waals surface area contributed by atoms with Gasteiger partial charge in [0.05, 0.1) is 6.61 Å². The zero-order valence-corrected chi connectivity index (χ0v) is 15.0. The van der Waals surface area contributed by atoms with Gasteiger partial charge in [0.2, 0.25) is 0 Å². The van der Waals surface area contributed by atoms with Crippen molar-refractivity contribution in [2.24, 2.45) is 0 Å². The molecule has 0 radical (unpaired) electrons. The van der Waals surface area contributed by atoms with Crippen molar-refractivity contribution in [2.75, 3.05) is 6.61 Å². The summed E-state index contributed by atoms with van der Waals surface area (Å²) in [5.41, 5.74) is 1.23. The van der Waals surface area contributed by atoms with Crippen molar-refractivity contribution in [3.8, 4) is 11.5 Å². The van der Waals surface area contributed by atoms with E-state index in [2.05, 4.69) is 27.3 Å². The Morgan fingerprint density at radius 3 is 2.50 bits per heavy atom. The number of hydrogen-bond acceptors (Lipinski definition) is 3. The molecule has 0 atom stereocenters. The van der Waals surface area contributed by atoms with Gasteiger partial charge in [-0.2, -0.15) is 8.78 Å². The van der Waals surface area contributed by atoms with Crippen LogP contribution in [0.5, 0.6) is 11.5 Å². The van der Waals surface area contributed by atoms with Crippen LogP contribution in [0.2, 0.25) is 0 Å². The number of ketones is 1. The molecule has 0 amide bonds. The minimum absolute atomic E-state index is 0.0343. The molecule has 0 bridgehead atoms. The van der Waals surface area contributed by atoms with E-state index >= 15 is 0 Å². The number of halogens is 3.